The summed E-state index contributed by atoms with van der Waals surface area (Å²) in [6.07, 6.45) is 0. The van der Waals surface area contributed by atoms with Crippen molar-refractivity contribution in [2.75, 3.05) is 25.9 Å². The van der Waals surface area contributed by atoms with Crippen LogP contribution in [0.25, 0.3) is 0 Å². The van der Waals surface area contributed by atoms with Gasteiger partial charge >= 0.3 is 0 Å². The van der Waals surface area contributed by atoms with Crippen molar-refractivity contribution >= 4 is 27.5 Å². The fourth-order valence-corrected chi connectivity index (χ4v) is 5.68. The minimum absolute atomic E-state index is 0.145. The molecule has 0 aromatic heterocycles. The van der Waals surface area contributed by atoms with Crippen LogP contribution in [-0.2, 0) is 10.0 Å². The van der Waals surface area contributed by atoms with Gasteiger partial charge in [-0.05, 0) is 18.2 Å². The van der Waals surface area contributed by atoms with Gasteiger partial charge in [-0.3, -0.25) is 0 Å². The van der Waals surface area contributed by atoms with Gasteiger partial charge in [0.2, 0.25) is 10.0 Å². The molecule has 1 fully saturated rings. The van der Waals surface area contributed by atoms with E-state index >= 15 is 0 Å². The molecule has 2 atom stereocenters. The quantitative estimate of drug-likeness (QED) is 0.861. The second-order valence-electron chi connectivity index (χ2n) is 4.99. The van der Waals surface area contributed by atoms with Gasteiger partial charge in [-0.15, -0.1) is 0 Å². The molecular formula is C13H20N2O3S2. The monoisotopic (exact) mass is 316 g/mol. The Kier molecular flexibility index (Phi) is 4.51. The van der Waals surface area contributed by atoms with Gasteiger partial charge in [-0.2, -0.15) is 16.1 Å². The molecule has 0 bridgehead atoms. The third-order valence-electron chi connectivity index (χ3n) is 3.19. The number of hydrogen-bond donors (Lipinski definition) is 1. The van der Waals surface area contributed by atoms with Crippen LogP contribution in [0.15, 0.2) is 23.1 Å². The van der Waals surface area contributed by atoms with Crippen LogP contribution in [0.5, 0.6) is 5.75 Å². The van der Waals surface area contributed by atoms with E-state index < -0.39 is 10.0 Å². The first-order valence-corrected chi connectivity index (χ1v) is 8.82. The zero-order valence-corrected chi connectivity index (χ0v) is 13.5. The maximum absolute atomic E-state index is 12.8. The first kappa shape index (κ1) is 15.5. The highest BCUT2D eigenvalue weighted by Crippen LogP contribution is 2.33. The maximum Gasteiger partial charge on any atom is 0.246 e. The lowest BCUT2D eigenvalue weighted by atomic mass is 10.3. The Labute approximate surface area is 124 Å². The molecule has 1 heterocycles. The summed E-state index contributed by atoms with van der Waals surface area (Å²) in [6.45, 7) is 5.10. The molecule has 7 heteroatoms. The summed E-state index contributed by atoms with van der Waals surface area (Å²) in [7, 11) is -2.12. The summed E-state index contributed by atoms with van der Waals surface area (Å²) in [5.41, 5.74) is 6.13. The van der Waals surface area contributed by atoms with Gasteiger partial charge in [0, 0.05) is 29.3 Å². The van der Waals surface area contributed by atoms with Crippen LogP contribution in [0, 0.1) is 0 Å². The SMILES string of the molecule is COc1ccc(N)cc1S(=O)(=O)N1CC(C)SC(C)C1. The number of sulfonamides is 1. The standard InChI is InChI=1S/C13H20N2O3S2/c1-9-7-15(8-10(2)19-9)20(16,17)13-6-11(14)4-5-12(13)18-3/h4-6,9-10H,7-8,14H2,1-3H3. The van der Waals surface area contributed by atoms with E-state index in [1.807, 2.05) is 25.6 Å². The average Bonchev–Trinajstić information content (AvgIpc) is 2.37. The minimum Gasteiger partial charge on any atom is -0.495 e. The van der Waals surface area contributed by atoms with Gasteiger partial charge in [-0.25, -0.2) is 8.42 Å². The first-order chi connectivity index (χ1) is 9.34. The van der Waals surface area contributed by atoms with Crippen molar-refractivity contribution in [2.45, 2.75) is 29.2 Å². The molecule has 5 nitrogen and oxygen atoms in total. The average molecular weight is 316 g/mol. The van der Waals surface area contributed by atoms with Crippen LogP contribution in [0.2, 0.25) is 0 Å². The van der Waals surface area contributed by atoms with Crippen LogP contribution in [0.4, 0.5) is 5.69 Å². The predicted octanol–water partition coefficient (Wildman–Crippen LogP) is 1.79. The molecule has 2 rings (SSSR count). The molecule has 112 valence electrons. The maximum atomic E-state index is 12.8. The van der Waals surface area contributed by atoms with Gasteiger partial charge < -0.3 is 10.5 Å². The smallest absolute Gasteiger partial charge is 0.246 e. The van der Waals surface area contributed by atoms with Crippen molar-refractivity contribution in [3.05, 3.63) is 18.2 Å². The molecule has 0 spiro atoms. The van der Waals surface area contributed by atoms with Crippen molar-refractivity contribution in [1.29, 1.82) is 0 Å². The Morgan fingerprint density at radius 2 is 1.90 bits per heavy atom. The molecule has 1 aliphatic heterocycles. The lowest BCUT2D eigenvalue weighted by Gasteiger charge is -2.33. The number of nitrogens with zero attached hydrogens (tertiary/aromatic N) is 1. The Morgan fingerprint density at radius 1 is 1.30 bits per heavy atom. The number of rotatable bonds is 3. The van der Waals surface area contributed by atoms with Crippen LogP contribution >= 0.6 is 11.8 Å². The number of nitrogens with two attached hydrogens (primary N) is 1. The third-order valence-corrected chi connectivity index (χ3v) is 6.27. The molecule has 0 aliphatic carbocycles. The topological polar surface area (TPSA) is 72.6 Å². The van der Waals surface area contributed by atoms with E-state index in [4.69, 9.17) is 10.5 Å². The molecule has 2 unspecified atom stereocenters. The van der Waals surface area contributed by atoms with Gasteiger partial charge in [-0.1, -0.05) is 13.8 Å². The second-order valence-corrected chi connectivity index (χ2v) is 8.78. The van der Waals surface area contributed by atoms with Crippen molar-refractivity contribution < 1.29 is 13.2 Å². The highest BCUT2D eigenvalue weighted by atomic mass is 32.2. The predicted molar refractivity (Wildman–Crippen MR) is 82.7 cm³/mol. The van der Waals surface area contributed by atoms with Crippen molar-refractivity contribution in [3.8, 4) is 5.75 Å². The van der Waals surface area contributed by atoms with E-state index in [1.165, 1.54) is 17.5 Å². The van der Waals surface area contributed by atoms with E-state index in [-0.39, 0.29) is 15.4 Å². The van der Waals surface area contributed by atoms with E-state index in [0.717, 1.165) is 0 Å². The van der Waals surface area contributed by atoms with Crippen LogP contribution in [0.1, 0.15) is 13.8 Å². The summed E-state index contributed by atoms with van der Waals surface area (Å²) in [5.74, 6) is 0.331. The van der Waals surface area contributed by atoms with Gasteiger partial charge in [0.15, 0.2) is 0 Å². The summed E-state index contributed by atoms with van der Waals surface area (Å²) >= 11 is 1.81. The number of benzene rings is 1. The molecule has 20 heavy (non-hydrogen) atoms. The third kappa shape index (κ3) is 3.05. The molecule has 0 amide bonds. The molecule has 1 aliphatic rings. The fraction of sp³-hybridized carbons (Fsp3) is 0.538. The molecule has 1 aromatic carbocycles. The van der Waals surface area contributed by atoms with E-state index in [9.17, 15) is 8.42 Å². The van der Waals surface area contributed by atoms with E-state index in [1.54, 1.807) is 12.1 Å². The lowest BCUT2D eigenvalue weighted by Crippen LogP contribution is -2.44. The van der Waals surface area contributed by atoms with Gasteiger partial charge in [0.1, 0.15) is 10.6 Å². The highest BCUT2D eigenvalue weighted by Gasteiger charge is 2.33. The number of hydrogen-bond acceptors (Lipinski definition) is 5. The Bertz CT molecular complexity index is 579. The number of nitrogen functional groups attached to an aromatic ring is 1. The van der Waals surface area contributed by atoms with E-state index in [0.29, 0.717) is 24.5 Å². The number of ether oxygens (including phenoxy) is 1. The Hall–Kier alpha value is -0.920. The number of anilines is 1. The summed E-state index contributed by atoms with van der Waals surface area (Å²) in [5, 5.41) is 0.557. The summed E-state index contributed by atoms with van der Waals surface area (Å²) in [4.78, 5) is 0.145. The van der Waals surface area contributed by atoms with Crippen LogP contribution < -0.4 is 10.5 Å². The summed E-state index contributed by atoms with van der Waals surface area (Å²) in [6, 6.07) is 4.69. The first-order valence-electron chi connectivity index (χ1n) is 6.43. The van der Waals surface area contributed by atoms with Crippen molar-refractivity contribution in [2.24, 2.45) is 0 Å². The highest BCUT2D eigenvalue weighted by molar-refractivity contribution is 8.00. The minimum atomic E-state index is -3.58. The van der Waals surface area contributed by atoms with Gasteiger partial charge in [0.05, 0.1) is 7.11 Å². The molecule has 0 saturated carbocycles. The molecule has 2 N–H and O–H groups in total. The number of methoxy groups -OCH3 is 1. The molecule has 0 radical (unpaired) electrons. The largest absolute Gasteiger partial charge is 0.495 e. The Balaban J connectivity index is 2.42. The van der Waals surface area contributed by atoms with Gasteiger partial charge in [0.25, 0.3) is 0 Å². The second kappa shape index (κ2) is 5.83. The zero-order chi connectivity index (χ0) is 14.9. The Morgan fingerprint density at radius 3 is 2.45 bits per heavy atom. The molecular weight excluding hydrogens is 296 g/mol. The zero-order valence-electron chi connectivity index (χ0n) is 11.9. The van der Waals surface area contributed by atoms with Crippen molar-refractivity contribution in [3.63, 3.8) is 0 Å². The summed E-state index contributed by atoms with van der Waals surface area (Å²) < 4.78 is 32.3. The fourth-order valence-electron chi connectivity index (χ4n) is 2.36. The lowest BCUT2D eigenvalue weighted by molar-refractivity contribution is 0.385. The van der Waals surface area contributed by atoms with Crippen molar-refractivity contribution in [1.82, 2.24) is 4.31 Å². The van der Waals surface area contributed by atoms with Crippen LogP contribution in [0.3, 0.4) is 0 Å². The van der Waals surface area contributed by atoms with E-state index in [2.05, 4.69) is 0 Å². The molecule has 1 saturated heterocycles. The normalized spacial score (nSPS) is 24.6. The number of thioether (sulfide) groups is 1. The molecule has 1 aromatic rings. The van der Waals surface area contributed by atoms with Crippen LogP contribution in [-0.4, -0.2) is 43.4 Å².